The maximum atomic E-state index is 12.8. The first-order valence-electron chi connectivity index (χ1n) is 10.1. The van der Waals surface area contributed by atoms with E-state index in [9.17, 15) is 8.42 Å². The van der Waals surface area contributed by atoms with E-state index in [1.165, 1.54) is 0 Å². The Balaban J connectivity index is 1.86. The summed E-state index contributed by atoms with van der Waals surface area (Å²) in [6.07, 6.45) is 2.94. The summed E-state index contributed by atoms with van der Waals surface area (Å²) in [5.41, 5.74) is 1.00. The second-order valence-electron chi connectivity index (χ2n) is 7.16. The lowest BCUT2D eigenvalue weighted by Crippen LogP contribution is -2.39. The number of nitrogens with zero attached hydrogens (tertiary/aromatic N) is 2. The Morgan fingerprint density at radius 2 is 2.04 bits per heavy atom. The molecule has 0 bridgehead atoms. The minimum atomic E-state index is -3.40. The van der Waals surface area contributed by atoms with Crippen molar-refractivity contribution in [3.05, 3.63) is 29.8 Å². The van der Waals surface area contributed by atoms with Crippen molar-refractivity contribution in [1.82, 2.24) is 14.9 Å². The lowest BCUT2D eigenvalue weighted by atomic mass is 10.0. The Bertz CT molecular complexity index is 719. The second-order valence-corrected chi connectivity index (χ2v) is 9.10. The Kier molecular flexibility index (Phi) is 9.21. The molecule has 0 aromatic heterocycles. The number of aliphatic imine (C=N–C) groups is 1. The first kappa shape index (κ1) is 22.6. The van der Waals surface area contributed by atoms with Crippen LogP contribution in [0.4, 0.5) is 0 Å². The van der Waals surface area contributed by atoms with Crippen LogP contribution in [0.2, 0.25) is 0 Å². The Morgan fingerprint density at radius 1 is 1.29 bits per heavy atom. The third-order valence-electron chi connectivity index (χ3n) is 4.83. The van der Waals surface area contributed by atoms with Crippen LogP contribution >= 0.6 is 0 Å². The summed E-state index contributed by atoms with van der Waals surface area (Å²) in [6.45, 7) is 8.13. The number of benzene rings is 1. The molecule has 158 valence electrons. The molecule has 1 atom stereocenters. The van der Waals surface area contributed by atoms with Gasteiger partial charge in [0.2, 0.25) is 10.0 Å². The summed E-state index contributed by atoms with van der Waals surface area (Å²) < 4.78 is 32.6. The van der Waals surface area contributed by atoms with Crippen molar-refractivity contribution in [2.45, 2.75) is 44.6 Å². The molecule has 1 saturated heterocycles. The second kappa shape index (κ2) is 11.4. The van der Waals surface area contributed by atoms with Crippen LogP contribution in [0.25, 0.3) is 0 Å². The zero-order valence-corrected chi connectivity index (χ0v) is 18.1. The highest BCUT2D eigenvalue weighted by Gasteiger charge is 2.28. The van der Waals surface area contributed by atoms with E-state index in [-0.39, 0.29) is 0 Å². The molecular formula is C20H34N4O3S. The van der Waals surface area contributed by atoms with Crippen LogP contribution in [0.15, 0.2) is 34.2 Å². The van der Waals surface area contributed by atoms with E-state index >= 15 is 0 Å². The molecule has 1 aliphatic rings. The molecule has 1 heterocycles. The molecule has 1 aromatic carbocycles. The Hall–Kier alpha value is -1.64. The fourth-order valence-corrected chi connectivity index (χ4v) is 4.82. The zero-order valence-electron chi connectivity index (χ0n) is 17.3. The molecule has 1 aromatic rings. The molecule has 2 N–H and O–H groups in total. The maximum absolute atomic E-state index is 12.8. The van der Waals surface area contributed by atoms with Gasteiger partial charge in [-0.2, -0.15) is 4.31 Å². The SMILES string of the molecule is CCOCCCNC(=NC)NCc1ccc(S(=O)(=O)N2CCCC(C)C2)cc1. The molecule has 0 spiro atoms. The number of rotatable bonds is 9. The summed E-state index contributed by atoms with van der Waals surface area (Å²) in [6, 6.07) is 7.11. The highest BCUT2D eigenvalue weighted by molar-refractivity contribution is 7.89. The van der Waals surface area contributed by atoms with E-state index in [4.69, 9.17) is 4.74 Å². The number of hydrogen-bond donors (Lipinski definition) is 2. The van der Waals surface area contributed by atoms with Gasteiger partial charge in [-0.3, -0.25) is 4.99 Å². The van der Waals surface area contributed by atoms with Crippen LogP contribution in [-0.4, -0.2) is 58.6 Å². The molecule has 1 aliphatic heterocycles. The fourth-order valence-electron chi connectivity index (χ4n) is 3.22. The van der Waals surface area contributed by atoms with E-state index in [1.807, 2.05) is 19.1 Å². The fraction of sp³-hybridized carbons (Fsp3) is 0.650. The topological polar surface area (TPSA) is 83.0 Å². The average molecular weight is 411 g/mol. The largest absolute Gasteiger partial charge is 0.382 e. The summed E-state index contributed by atoms with van der Waals surface area (Å²) in [5.74, 6) is 1.13. The van der Waals surface area contributed by atoms with Crippen LogP contribution in [0, 0.1) is 5.92 Å². The minimum Gasteiger partial charge on any atom is -0.382 e. The van der Waals surface area contributed by atoms with Gasteiger partial charge in [-0.05, 0) is 49.8 Å². The highest BCUT2D eigenvalue weighted by Crippen LogP contribution is 2.23. The molecule has 1 unspecified atom stereocenters. The van der Waals surface area contributed by atoms with Gasteiger partial charge in [-0.1, -0.05) is 19.1 Å². The monoisotopic (exact) mass is 410 g/mol. The highest BCUT2D eigenvalue weighted by atomic mass is 32.2. The Morgan fingerprint density at radius 3 is 2.68 bits per heavy atom. The normalized spacial score (nSPS) is 18.8. The molecule has 8 heteroatoms. The summed E-state index contributed by atoms with van der Waals surface area (Å²) in [7, 11) is -1.67. The summed E-state index contributed by atoms with van der Waals surface area (Å²) in [4.78, 5) is 4.56. The van der Waals surface area contributed by atoms with Gasteiger partial charge in [0.05, 0.1) is 4.90 Å². The van der Waals surface area contributed by atoms with Crippen molar-refractivity contribution in [2.75, 3.05) is 39.9 Å². The van der Waals surface area contributed by atoms with Crippen molar-refractivity contribution >= 4 is 16.0 Å². The zero-order chi connectivity index (χ0) is 20.4. The lowest BCUT2D eigenvalue weighted by molar-refractivity contribution is 0.145. The molecule has 0 radical (unpaired) electrons. The van der Waals surface area contributed by atoms with E-state index < -0.39 is 10.0 Å². The van der Waals surface area contributed by atoms with Crippen molar-refractivity contribution in [2.24, 2.45) is 10.9 Å². The van der Waals surface area contributed by atoms with E-state index in [0.717, 1.165) is 50.5 Å². The average Bonchev–Trinajstić information content (AvgIpc) is 2.70. The Labute approximate surface area is 169 Å². The summed E-state index contributed by atoms with van der Waals surface area (Å²) >= 11 is 0. The van der Waals surface area contributed by atoms with Crippen LogP contribution in [0.5, 0.6) is 0 Å². The van der Waals surface area contributed by atoms with Gasteiger partial charge in [-0.25, -0.2) is 8.42 Å². The number of hydrogen-bond acceptors (Lipinski definition) is 4. The minimum absolute atomic E-state index is 0.365. The number of ether oxygens (including phenoxy) is 1. The molecular weight excluding hydrogens is 376 g/mol. The van der Waals surface area contributed by atoms with E-state index in [2.05, 4.69) is 22.5 Å². The third kappa shape index (κ3) is 6.76. The molecule has 7 nitrogen and oxygen atoms in total. The molecule has 28 heavy (non-hydrogen) atoms. The van der Waals surface area contributed by atoms with Crippen molar-refractivity contribution < 1.29 is 13.2 Å². The van der Waals surface area contributed by atoms with Crippen LogP contribution in [0.3, 0.4) is 0 Å². The van der Waals surface area contributed by atoms with Gasteiger partial charge in [-0.15, -0.1) is 0 Å². The smallest absolute Gasteiger partial charge is 0.243 e. The van der Waals surface area contributed by atoms with Gasteiger partial charge < -0.3 is 15.4 Å². The number of nitrogens with one attached hydrogen (secondary N) is 2. The maximum Gasteiger partial charge on any atom is 0.243 e. The van der Waals surface area contributed by atoms with Gasteiger partial charge in [0, 0.05) is 46.4 Å². The standard InChI is InChI=1S/C20H34N4O3S/c1-4-27-14-6-12-22-20(21-3)23-15-18-8-10-19(11-9-18)28(25,26)24-13-5-7-17(2)16-24/h8-11,17H,4-7,12-16H2,1-3H3,(H2,21,22,23). The van der Waals surface area contributed by atoms with Crippen LogP contribution < -0.4 is 10.6 Å². The van der Waals surface area contributed by atoms with Crippen LogP contribution in [-0.2, 0) is 21.3 Å². The third-order valence-corrected chi connectivity index (χ3v) is 6.71. The first-order valence-corrected chi connectivity index (χ1v) is 11.5. The van der Waals surface area contributed by atoms with Gasteiger partial charge >= 0.3 is 0 Å². The van der Waals surface area contributed by atoms with Crippen molar-refractivity contribution in [1.29, 1.82) is 0 Å². The molecule has 0 saturated carbocycles. The number of sulfonamides is 1. The number of guanidine groups is 1. The van der Waals surface area contributed by atoms with E-state index in [1.54, 1.807) is 23.5 Å². The van der Waals surface area contributed by atoms with Crippen molar-refractivity contribution in [3.63, 3.8) is 0 Å². The van der Waals surface area contributed by atoms with Gasteiger partial charge in [0.25, 0.3) is 0 Å². The van der Waals surface area contributed by atoms with Gasteiger partial charge in [0.1, 0.15) is 0 Å². The van der Waals surface area contributed by atoms with Gasteiger partial charge in [0.15, 0.2) is 5.96 Å². The number of piperidine rings is 1. The van der Waals surface area contributed by atoms with Crippen LogP contribution in [0.1, 0.15) is 38.7 Å². The lowest BCUT2D eigenvalue weighted by Gasteiger charge is -2.30. The molecule has 0 amide bonds. The molecule has 2 rings (SSSR count). The summed E-state index contributed by atoms with van der Waals surface area (Å²) in [5, 5.41) is 6.48. The first-order chi connectivity index (χ1) is 13.5. The van der Waals surface area contributed by atoms with Crippen molar-refractivity contribution in [3.8, 4) is 0 Å². The van der Waals surface area contributed by atoms with E-state index in [0.29, 0.717) is 30.4 Å². The molecule has 1 fully saturated rings. The predicted molar refractivity (Wildman–Crippen MR) is 113 cm³/mol. The predicted octanol–water partition coefficient (Wildman–Crippen LogP) is 2.20. The molecule has 0 aliphatic carbocycles. The quantitative estimate of drug-likeness (QED) is 0.370.